The first-order chi connectivity index (χ1) is 7.68. The summed E-state index contributed by atoms with van der Waals surface area (Å²) in [6.07, 6.45) is 0.863. The van der Waals surface area contributed by atoms with Crippen molar-refractivity contribution in [3.05, 3.63) is 29.8 Å². The Balaban J connectivity index is 2.58. The van der Waals surface area contributed by atoms with E-state index in [1.165, 1.54) is 0 Å². The maximum atomic E-state index is 11.1. The Morgan fingerprint density at radius 2 is 1.71 bits per heavy atom. The largest absolute Gasteiger partial charge is 0.312 e. The van der Waals surface area contributed by atoms with Crippen LogP contribution in [0.2, 0.25) is 0 Å². The highest BCUT2D eigenvalue weighted by molar-refractivity contribution is 7.89. The minimum absolute atomic E-state index is 0.0978. The molecule has 0 saturated heterocycles. The average molecular weight is 256 g/mol. The molecule has 0 unspecified atom stereocenters. The van der Waals surface area contributed by atoms with Crippen LogP contribution in [0.25, 0.3) is 0 Å². The van der Waals surface area contributed by atoms with E-state index < -0.39 is 10.0 Å². The van der Waals surface area contributed by atoms with Gasteiger partial charge in [-0.3, -0.25) is 0 Å². The standard InChI is InChI=1S/C12H20N2O2S/c1-12(2,3)14-9-8-10-4-6-11(7-5-10)17(13,15)16/h4-7,14H,8-9H2,1-3H3,(H2,13,15,16). The lowest BCUT2D eigenvalue weighted by Crippen LogP contribution is -2.37. The third-order valence-electron chi connectivity index (χ3n) is 2.32. The fraction of sp³-hybridized carbons (Fsp3) is 0.500. The van der Waals surface area contributed by atoms with Gasteiger partial charge in [0, 0.05) is 5.54 Å². The van der Waals surface area contributed by atoms with E-state index in [9.17, 15) is 8.42 Å². The van der Waals surface area contributed by atoms with E-state index in [4.69, 9.17) is 5.14 Å². The molecule has 0 aliphatic heterocycles. The van der Waals surface area contributed by atoms with Crippen LogP contribution in [0.1, 0.15) is 26.3 Å². The molecule has 0 radical (unpaired) electrons. The molecule has 0 atom stereocenters. The second-order valence-corrected chi connectivity index (χ2v) is 6.68. The second kappa shape index (κ2) is 5.16. The highest BCUT2D eigenvalue weighted by atomic mass is 32.2. The van der Waals surface area contributed by atoms with Crippen molar-refractivity contribution < 1.29 is 8.42 Å². The van der Waals surface area contributed by atoms with Crippen LogP contribution in [-0.2, 0) is 16.4 Å². The summed E-state index contributed by atoms with van der Waals surface area (Å²) in [5.41, 5.74) is 1.19. The van der Waals surface area contributed by atoms with Gasteiger partial charge in [-0.15, -0.1) is 0 Å². The quantitative estimate of drug-likeness (QED) is 0.852. The Labute approximate surface area is 103 Å². The van der Waals surface area contributed by atoms with E-state index in [0.29, 0.717) is 0 Å². The summed E-state index contributed by atoms with van der Waals surface area (Å²) in [5, 5.41) is 8.40. The summed E-state index contributed by atoms with van der Waals surface area (Å²) >= 11 is 0. The minimum Gasteiger partial charge on any atom is -0.312 e. The van der Waals surface area contributed by atoms with Gasteiger partial charge in [0.05, 0.1) is 4.90 Å². The van der Waals surface area contributed by atoms with Gasteiger partial charge in [0.25, 0.3) is 0 Å². The number of hydrogen-bond acceptors (Lipinski definition) is 3. The van der Waals surface area contributed by atoms with Crippen molar-refractivity contribution in [2.24, 2.45) is 5.14 Å². The number of rotatable bonds is 4. The molecule has 0 fully saturated rings. The number of primary sulfonamides is 1. The maximum Gasteiger partial charge on any atom is 0.238 e. The zero-order chi connectivity index (χ0) is 13.1. The van der Waals surface area contributed by atoms with Gasteiger partial charge in [0.1, 0.15) is 0 Å². The Morgan fingerprint density at radius 3 is 2.12 bits per heavy atom. The van der Waals surface area contributed by atoms with Crippen LogP contribution < -0.4 is 10.5 Å². The third-order valence-corrected chi connectivity index (χ3v) is 3.25. The van der Waals surface area contributed by atoms with Crippen molar-refractivity contribution in [3.63, 3.8) is 0 Å². The third kappa shape index (κ3) is 5.30. The smallest absolute Gasteiger partial charge is 0.238 e. The number of benzene rings is 1. The summed E-state index contributed by atoms with van der Waals surface area (Å²) in [7, 11) is -3.58. The molecule has 3 N–H and O–H groups in total. The molecule has 1 aromatic carbocycles. The molecule has 0 aliphatic carbocycles. The van der Waals surface area contributed by atoms with Crippen molar-refractivity contribution in [2.75, 3.05) is 6.54 Å². The van der Waals surface area contributed by atoms with Gasteiger partial charge >= 0.3 is 0 Å². The topological polar surface area (TPSA) is 72.2 Å². The second-order valence-electron chi connectivity index (χ2n) is 5.12. The first kappa shape index (κ1) is 14.2. The molecule has 17 heavy (non-hydrogen) atoms. The van der Waals surface area contributed by atoms with Crippen LogP contribution in [0, 0.1) is 0 Å². The highest BCUT2D eigenvalue weighted by Crippen LogP contribution is 2.09. The van der Waals surface area contributed by atoms with E-state index >= 15 is 0 Å². The molecule has 0 bridgehead atoms. The monoisotopic (exact) mass is 256 g/mol. The summed E-state index contributed by atoms with van der Waals surface area (Å²) in [6, 6.07) is 6.68. The van der Waals surface area contributed by atoms with Crippen LogP contribution in [0.5, 0.6) is 0 Å². The van der Waals surface area contributed by atoms with E-state index in [1.807, 2.05) is 0 Å². The van der Waals surface area contributed by atoms with E-state index in [1.54, 1.807) is 24.3 Å². The number of sulfonamides is 1. The summed E-state index contributed by atoms with van der Waals surface area (Å²) < 4.78 is 22.1. The zero-order valence-corrected chi connectivity index (χ0v) is 11.3. The van der Waals surface area contributed by atoms with Crippen molar-refractivity contribution in [3.8, 4) is 0 Å². The fourth-order valence-corrected chi connectivity index (χ4v) is 1.94. The first-order valence-corrected chi connectivity index (χ1v) is 7.10. The average Bonchev–Trinajstić information content (AvgIpc) is 2.15. The van der Waals surface area contributed by atoms with Gasteiger partial charge in [-0.1, -0.05) is 12.1 Å². The lowest BCUT2D eigenvalue weighted by atomic mass is 10.1. The molecule has 0 heterocycles. The van der Waals surface area contributed by atoms with Crippen LogP contribution in [-0.4, -0.2) is 20.5 Å². The van der Waals surface area contributed by atoms with Crippen molar-refractivity contribution in [1.29, 1.82) is 0 Å². The molecular weight excluding hydrogens is 236 g/mol. The van der Waals surface area contributed by atoms with Crippen molar-refractivity contribution in [1.82, 2.24) is 5.32 Å². The Hall–Kier alpha value is -0.910. The van der Waals surface area contributed by atoms with Gasteiger partial charge in [-0.25, -0.2) is 13.6 Å². The number of hydrogen-bond donors (Lipinski definition) is 2. The van der Waals surface area contributed by atoms with Crippen molar-refractivity contribution >= 4 is 10.0 Å². The molecule has 0 aromatic heterocycles. The zero-order valence-electron chi connectivity index (χ0n) is 10.5. The Bertz CT molecular complexity index is 458. The van der Waals surface area contributed by atoms with Crippen LogP contribution in [0.4, 0.5) is 0 Å². The molecule has 5 heteroatoms. The van der Waals surface area contributed by atoms with Crippen molar-refractivity contribution in [2.45, 2.75) is 37.6 Å². The Kier molecular flexibility index (Phi) is 4.30. The molecule has 0 saturated carbocycles. The van der Waals surface area contributed by atoms with Gasteiger partial charge < -0.3 is 5.32 Å². The van der Waals surface area contributed by atoms with Crippen LogP contribution in [0.3, 0.4) is 0 Å². The van der Waals surface area contributed by atoms with Gasteiger partial charge in [-0.05, 0) is 51.4 Å². The van der Waals surface area contributed by atoms with Gasteiger partial charge in [-0.2, -0.15) is 0 Å². The molecule has 96 valence electrons. The SMILES string of the molecule is CC(C)(C)NCCc1ccc(S(N)(=O)=O)cc1. The summed E-state index contributed by atoms with van der Waals surface area (Å²) in [6.45, 7) is 7.18. The minimum atomic E-state index is -3.58. The Morgan fingerprint density at radius 1 is 1.18 bits per heavy atom. The molecule has 4 nitrogen and oxygen atoms in total. The number of nitrogens with one attached hydrogen (secondary N) is 1. The molecule has 0 spiro atoms. The normalized spacial score (nSPS) is 12.7. The number of nitrogens with two attached hydrogens (primary N) is 1. The molecular formula is C12H20N2O2S. The predicted molar refractivity (Wildman–Crippen MR) is 69.3 cm³/mol. The summed E-state index contributed by atoms with van der Waals surface area (Å²) in [5.74, 6) is 0. The summed E-state index contributed by atoms with van der Waals surface area (Å²) in [4.78, 5) is 0.157. The fourth-order valence-electron chi connectivity index (χ4n) is 1.43. The molecule has 1 aromatic rings. The maximum absolute atomic E-state index is 11.1. The molecule has 0 amide bonds. The molecule has 1 rings (SSSR count). The lowest BCUT2D eigenvalue weighted by molar-refractivity contribution is 0.429. The van der Waals surface area contributed by atoms with Gasteiger partial charge in [0.15, 0.2) is 0 Å². The lowest BCUT2D eigenvalue weighted by Gasteiger charge is -2.20. The highest BCUT2D eigenvalue weighted by Gasteiger charge is 2.09. The van der Waals surface area contributed by atoms with E-state index in [0.717, 1.165) is 18.5 Å². The van der Waals surface area contributed by atoms with E-state index in [2.05, 4.69) is 26.1 Å². The van der Waals surface area contributed by atoms with Crippen LogP contribution in [0.15, 0.2) is 29.2 Å². The molecule has 0 aliphatic rings. The predicted octanol–water partition coefficient (Wildman–Crippen LogP) is 1.26. The van der Waals surface area contributed by atoms with Crippen LogP contribution >= 0.6 is 0 Å². The van der Waals surface area contributed by atoms with Gasteiger partial charge in [0.2, 0.25) is 10.0 Å². The first-order valence-electron chi connectivity index (χ1n) is 5.55. The van der Waals surface area contributed by atoms with E-state index in [-0.39, 0.29) is 10.4 Å².